The Hall–Kier alpha value is -3.57. The first kappa shape index (κ1) is 28.5. The van der Waals surface area contributed by atoms with Gasteiger partial charge < -0.3 is 15.0 Å². The van der Waals surface area contributed by atoms with E-state index in [9.17, 15) is 14.0 Å². The number of anilines is 1. The van der Waals surface area contributed by atoms with Gasteiger partial charge in [-0.15, -0.1) is 0 Å². The molecule has 2 amide bonds. The fourth-order valence-electron chi connectivity index (χ4n) is 6.42. The molecule has 3 aromatic rings. The van der Waals surface area contributed by atoms with Crippen LogP contribution in [0.15, 0.2) is 59.2 Å². The van der Waals surface area contributed by atoms with E-state index in [0.29, 0.717) is 48.8 Å². The van der Waals surface area contributed by atoms with Gasteiger partial charge in [-0.05, 0) is 79.9 Å². The van der Waals surface area contributed by atoms with Gasteiger partial charge in [0.05, 0.1) is 17.1 Å². The molecule has 3 heterocycles. The number of benzene rings is 1. The molecular weight excluding hydrogens is 603 g/mol. The minimum Gasteiger partial charge on any atom is -0.476 e. The maximum atomic E-state index is 13.5. The summed E-state index contributed by atoms with van der Waals surface area (Å²) in [6.07, 6.45) is 13.0. The highest BCUT2D eigenvalue weighted by Gasteiger charge is 2.54. The summed E-state index contributed by atoms with van der Waals surface area (Å²) >= 11 is 3.58. The zero-order valence-corrected chi connectivity index (χ0v) is 24.9. The predicted octanol–water partition coefficient (Wildman–Crippen LogP) is 5.35. The maximum absolute atomic E-state index is 13.5. The standard InChI is InChI=1S/C31H34BrFN6O3/c32-22-6-4-5-21(15-22)31(29(34)41)17-24(18-31)39-26-16-27(42-14-13-38-11-2-1-3-12-38)35-19-25(26)36-30(39)37-28(40)20-7-9-23(33)10-8-20/h4-10,16,19,21,24H,1-3,11-15,17-18H2,(H2,34,41)(H,36,37,40). The summed E-state index contributed by atoms with van der Waals surface area (Å²) in [6, 6.07) is 7.04. The number of nitrogens with two attached hydrogens (primary N) is 1. The van der Waals surface area contributed by atoms with Crippen molar-refractivity contribution in [2.45, 2.75) is 44.6 Å². The zero-order valence-electron chi connectivity index (χ0n) is 23.3. The number of rotatable bonds is 9. The van der Waals surface area contributed by atoms with Gasteiger partial charge in [-0.2, -0.15) is 0 Å². The lowest BCUT2D eigenvalue weighted by atomic mass is 9.56. The van der Waals surface area contributed by atoms with Crippen LogP contribution in [0.4, 0.5) is 10.3 Å². The SMILES string of the molecule is NC(=O)C1(C2C=CC=C(Br)C2)CC(n2c(NC(=O)c3ccc(F)cc3)nc3cnc(OCCN4CCCCC4)cc32)C1. The molecule has 1 saturated carbocycles. The lowest BCUT2D eigenvalue weighted by Crippen LogP contribution is -2.52. The first-order chi connectivity index (χ1) is 20.3. The third kappa shape index (κ3) is 5.72. The molecule has 220 valence electrons. The third-order valence-electron chi connectivity index (χ3n) is 8.79. The van der Waals surface area contributed by atoms with E-state index in [2.05, 4.69) is 31.1 Å². The number of nitrogens with one attached hydrogen (secondary N) is 1. The Morgan fingerprint density at radius 1 is 1.17 bits per heavy atom. The molecule has 2 aliphatic carbocycles. The molecule has 2 fully saturated rings. The predicted molar refractivity (Wildman–Crippen MR) is 162 cm³/mol. The zero-order chi connectivity index (χ0) is 29.3. The number of amides is 2. The number of hydrogen-bond acceptors (Lipinski definition) is 6. The van der Waals surface area contributed by atoms with Crippen LogP contribution in [0.3, 0.4) is 0 Å². The first-order valence-corrected chi connectivity index (χ1v) is 15.2. The van der Waals surface area contributed by atoms with E-state index in [1.807, 2.05) is 28.9 Å². The minimum absolute atomic E-state index is 0.0342. The molecule has 2 aromatic heterocycles. The van der Waals surface area contributed by atoms with Crippen molar-refractivity contribution in [3.05, 3.63) is 70.6 Å². The van der Waals surface area contributed by atoms with Gasteiger partial charge in [0.1, 0.15) is 17.9 Å². The van der Waals surface area contributed by atoms with Crippen LogP contribution >= 0.6 is 15.9 Å². The van der Waals surface area contributed by atoms with E-state index in [0.717, 1.165) is 29.6 Å². The monoisotopic (exact) mass is 636 g/mol. The van der Waals surface area contributed by atoms with Crippen LogP contribution in [0.25, 0.3) is 11.0 Å². The van der Waals surface area contributed by atoms with E-state index < -0.39 is 17.1 Å². The molecule has 9 nitrogen and oxygen atoms in total. The number of imidazole rings is 1. The summed E-state index contributed by atoms with van der Waals surface area (Å²) in [5.74, 6) is -0.402. The highest BCUT2D eigenvalue weighted by molar-refractivity contribution is 9.11. The third-order valence-corrected chi connectivity index (χ3v) is 9.38. The molecule has 1 unspecified atom stereocenters. The van der Waals surface area contributed by atoms with Gasteiger partial charge in [0.2, 0.25) is 17.7 Å². The number of fused-ring (bicyclic) bond motifs is 1. The van der Waals surface area contributed by atoms with E-state index >= 15 is 0 Å². The molecule has 1 aromatic carbocycles. The Balaban J connectivity index is 1.28. The lowest BCUT2D eigenvalue weighted by Gasteiger charge is -2.50. The number of halogens is 2. The Bertz CT molecular complexity index is 1540. The molecule has 1 saturated heterocycles. The Morgan fingerprint density at radius 2 is 1.93 bits per heavy atom. The fraction of sp³-hybridized carbons (Fsp3) is 0.419. The van der Waals surface area contributed by atoms with E-state index in [1.165, 1.54) is 43.5 Å². The minimum atomic E-state index is -0.718. The van der Waals surface area contributed by atoms with Crippen molar-refractivity contribution in [1.82, 2.24) is 19.4 Å². The van der Waals surface area contributed by atoms with Crippen molar-refractivity contribution in [1.29, 1.82) is 0 Å². The summed E-state index contributed by atoms with van der Waals surface area (Å²) in [7, 11) is 0. The van der Waals surface area contributed by atoms with E-state index in [-0.39, 0.29) is 17.9 Å². The first-order valence-electron chi connectivity index (χ1n) is 14.5. The van der Waals surface area contributed by atoms with Gasteiger partial charge in [-0.25, -0.2) is 14.4 Å². The number of carbonyl (C=O) groups excluding carboxylic acids is 2. The van der Waals surface area contributed by atoms with Gasteiger partial charge in [0.25, 0.3) is 5.91 Å². The Labute approximate surface area is 252 Å². The van der Waals surface area contributed by atoms with Crippen LogP contribution in [0, 0.1) is 17.2 Å². The second-order valence-corrected chi connectivity index (χ2v) is 12.4. The van der Waals surface area contributed by atoms with E-state index in [4.69, 9.17) is 15.5 Å². The molecule has 1 atom stereocenters. The van der Waals surface area contributed by atoms with Crippen LogP contribution in [-0.2, 0) is 4.79 Å². The van der Waals surface area contributed by atoms with Crippen molar-refractivity contribution in [2.75, 3.05) is 31.6 Å². The number of ether oxygens (including phenoxy) is 1. The number of allylic oxidation sites excluding steroid dienone is 4. The number of carbonyl (C=O) groups is 2. The molecule has 3 aliphatic rings. The number of hydrogen-bond donors (Lipinski definition) is 2. The van der Waals surface area contributed by atoms with Gasteiger partial charge in [-0.1, -0.05) is 40.6 Å². The number of aromatic nitrogens is 3. The molecule has 0 spiro atoms. The normalized spacial score (nSPS) is 24.2. The molecule has 6 rings (SSSR count). The van der Waals surface area contributed by atoms with Gasteiger partial charge >= 0.3 is 0 Å². The number of pyridine rings is 1. The summed E-state index contributed by atoms with van der Waals surface area (Å²) in [5, 5.41) is 2.90. The average molecular weight is 638 g/mol. The number of nitrogens with zero attached hydrogens (tertiary/aromatic N) is 4. The van der Waals surface area contributed by atoms with Crippen molar-refractivity contribution in [3.63, 3.8) is 0 Å². The molecule has 3 N–H and O–H groups in total. The maximum Gasteiger partial charge on any atom is 0.257 e. The summed E-state index contributed by atoms with van der Waals surface area (Å²) in [4.78, 5) is 37.6. The van der Waals surface area contributed by atoms with E-state index in [1.54, 1.807) is 6.20 Å². The summed E-state index contributed by atoms with van der Waals surface area (Å²) in [6.45, 7) is 3.53. The van der Waals surface area contributed by atoms with Crippen molar-refractivity contribution in [3.8, 4) is 5.88 Å². The van der Waals surface area contributed by atoms with Crippen molar-refractivity contribution >= 4 is 44.7 Å². The lowest BCUT2D eigenvalue weighted by molar-refractivity contribution is -0.139. The molecule has 0 bridgehead atoms. The molecule has 0 radical (unpaired) electrons. The molecule has 11 heteroatoms. The van der Waals surface area contributed by atoms with Gasteiger partial charge in [-0.3, -0.25) is 19.8 Å². The van der Waals surface area contributed by atoms with Crippen molar-refractivity contribution < 1.29 is 18.7 Å². The van der Waals surface area contributed by atoms with Crippen LogP contribution in [0.2, 0.25) is 0 Å². The quantitative estimate of drug-likeness (QED) is 0.327. The van der Waals surface area contributed by atoms with Crippen LogP contribution in [0.5, 0.6) is 5.88 Å². The largest absolute Gasteiger partial charge is 0.476 e. The number of primary amides is 1. The Morgan fingerprint density at radius 3 is 2.64 bits per heavy atom. The smallest absolute Gasteiger partial charge is 0.257 e. The van der Waals surface area contributed by atoms with Crippen LogP contribution in [-0.4, -0.2) is 57.5 Å². The second-order valence-electron chi connectivity index (χ2n) is 11.4. The van der Waals surface area contributed by atoms with Gasteiger partial charge in [0, 0.05) is 24.2 Å². The topological polar surface area (TPSA) is 115 Å². The summed E-state index contributed by atoms with van der Waals surface area (Å²) in [5.41, 5.74) is 6.94. The fourth-order valence-corrected chi connectivity index (χ4v) is 6.93. The average Bonchev–Trinajstić information content (AvgIpc) is 3.30. The molecule has 42 heavy (non-hydrogen) atoms. The van der Waals surface area contributed by atoms with Crippen molar-refractivity contribution in [2.24, 2.45) is 17.1 Å². The number of piperidine rings is 1. The molecule has 1 aliphatic heterocycles. The summed E-state index contributed by atoms with van der Waals surface area (Å²) < 4.78 is 22.5. The second kappa shape index (κ2) is 12.0. The molecular formula is C31H34BrFN6O3. The van der Waals surface area contributed by atoms with Crippen LogP contribution < -0.4 is 15.8 Å². The highest BCUT2D eigenvalue weighted by Crippen LogP contribution is 2.57. The Kier molecular flexibility index (Phi) is 8.13. The highest BCUT2D eigenvalue weighted by atomic mass is 79.9. The number of likely N-dealkylation sites (tertiary alicyclic amines) is 1. The van der Waals surface area contributed by atoms with Gasteiger partial charge in [0.15, 0.2) is 0 Å². The van der Waals surface area contributed by atoms with Crippen LogP contribution in [0.1, 0.15) is 54.9 Å².